The molecule has 2 amide bonds. The van der Waals surface area contributed by atoms with E-state index in [1.165, 1.54) is 24.1 Å². The van der Waals surface area contributed by atoms with Crippen LogP contribution < -0.4 is 11.1 Å². The fourth-order valence-electron chi connectivity index (χ4n) is 3.21. The number of hydrogen-bond acceptors (Lipinski definition) is 6. The number of pyridine rings is 1. The number of alkyl halides is 3. The van der Waals surface area contributed by atoms with E-state index in [2.05, 4.69) is 15.3 Å². The van der Waals surface area contributed by atoms with Gasteiger partial charge in [-0.15, -0.1) is 0 Å². The third-order valence-corrected chi connectivity index (χ3v) is 5.02. The molecule has 12 heteroatoms. The van der Waals surface area contributed by atoms with Crippen molar-refractivity contribution in [3.05, 3.63) is 59.2 Å². The molecule has 1 aliphatic heterocycles. The van der Waals surface area contributed by atoms with Gasteiger partial charge in [-0.1, -0.05) is 27.7 Å². The van der Waals surface area contributed by atoms with Gasteiger partial charge in [-0.05, 0) is 58.0 Å². The van der Waals surface area contributed by atoms with Crippen LogP contribution >= 0.6 is 0 Å². The smallest absolute Gasteiger partial charge is 0.394 e. The van der Waals surface area contributed by atoms with Gasteiger partial charge in [0.2, 0.25) is 5.91 Å². The maximum absolute atomic E-state index is 14.6. The molecule has 0 saturated carbocycles. The lowest BCUT2D eigenvalue weighted by Gasteiger charge is -2.38. The monoisotopic (exact) mass is 557 g/mol. The molecule has 1 atom stereocenters. The van der Waals surface area contributed by atoms with E-state index in [1.807, 2.05) is 27.7 Å². The van der Waals surface area contributed by atoms with Gasteiger partial charge in [0.05, 0.1) is 17.0 Å². The normalized spacial score (nSPS) is 16.0. The first-order chi connectivity index (χ1) is 18.1. The molecule has 4 N–H and O–H groups in total. The largest absolute Gasteiger partial charge is 0.417 e. The van der Waals surface area contributed by atoms with Crippen LogP contribution in [0.3, 0.4) is 0 Å². The van der Waals surface area contributed by atoms with Gasteiger partial charge >= 0.3 is 6.18 Å². The number of aliphatic imine (C=N–C) groups is 1. The van der Waals surface area contributed by atoms with Crippen molar-refractivity contribution in [3.8, 4) is 0 Å². The average molecular weight is 558 g/mol. The predicted molar refractivity (Wildman–Crippen MR) is 145 cm³/mol. The van der Waals surface area contributed by atoms with Gasteiger partial charge in [-0.3, -0.25) is 19.5 Å². The topological polar surface area (TPSA) is 121 Å². The molecule has 0 bridgehead atoms. The Morgan fingerprint density at radius 1 is 1.13 bits per heavy atom. The number of aromatic nitrogens is 1. The lowest BCUT2D eigenvalue weighted by Crippen LogP contribution is -2.51. The number of nitrogens with zero attached hydrogens (tertiary/aromatic N) is 3. The molecule has 1 aromatic carbocycles. The Bertz CT molecular complexity index is 1110. The first-order valence-corrected chi connectivity index (χ1v) is 12.5. The maximum atomic E-state index is 14.6. The summed E-state index contributed by atoms with van der Waals surface area (Å²) in [5, 5.41) is 10.5. The van der Waals surface area contributed by atoms with Crippen molar-refractivity contribution in [2.24, 2.45) is 16.1 Å². The molecule has 39 heavy (non-hydrogen) atoms. The predicted octanol–water partition coefficient (Wildman–Crippen LogP) is 5.79. The third kappa shape index (κ3) is 9.61. The molecule has 8 nitrogen and oxygen atoms in total. The van der Waals surface area contributed by atoms with Gasteiger partial charge in [0, 0.05) is 30.6 Å². The highest BCUT2D eigenvalue weighted by molar-refractivity contribution is 6.03. The Balaban J connectivity index is 0.00000162. The highest BCUT2D eigenvalue weighted by Crippen LogP contribution is 2.42. The molecule has 0 fully saturated rings. The number of carbonyl (C=O) groups is 2. The van der Waals surface area contributed by atoms with Gasteiger partial charge in [0.25, 0.3) is 5.91 Å². The van der Waals surface area contributed by atoms with Gasteiger partial charge in [-0.25, -0.2) is 9.38 Å². The van der Waals surface area contributed by atoms with Crippen LogP contribution in [-0.4, -0.2) is 45.9 Å². The molecule has 0 saturated heterocycles. The third-order valence-electron chi connectivity index (χ3n) is 5.02. The van der Waals surface area contributed by atoms with Gasteiger partial charge in [0.15, 0.2) is 5.96 Å². The number of aliphatic hydroxyl groups is 1. The van der Waals surface area contributed by atoms with Crippen molar-refractivity contribution in [1.29, 1.82) is 0 Å². The fourth-order valence-corrected chi connectivity index (χ4v) is 3.21. The average Bonchev–Trinajstić information content (AvgIpc) is 2.88. The molecule has 1 unspecified atom stereocenters. The van der Waals surface area contributed by atoms with E-state index in [0.717, 1.165) is 18.2 Å². The fraction of sp³-hybridized carbons (Fsp3) is 0.481. The highest BCUT2D eigenvalue weighted by atomic mass is 19.4. The van der Waals surface area contributed by atoms with Crippen LogP contribution in [0.2, 0.25) is 0 Å². The number of nitrogens with one attached hydrogen (secondary N) is 1. The van der Waals surface area contributed by atoms with E-state index in [-0.39, 0.29) is 34.9 Å². The van der Waals surface area contributed by atoms with Gasteiger partial charge in [-0.2, -0.15) is 13.2 Å². The molecule has 1 aromatic heterocycles. The number of hydrogen-bond donors (Lipinski definition) is 3. The Morgan fingerprint density at radius 2 is 1.67 bits per heavy atom. The number of carbonyl (C=O) groups excluding carboxylic acids is 2. The summed E-state index contributed by atoms with van der Waals surface area (Å²) in [6.07, 6.45) is -4.19. The summed E-state index contributed by atoms with van der Waals surface area (Å²) in [5.74, 6) is -1.87. The summed E-state index contributed by atoms with van der Waals surface area (Å²) in [6.45, 7) is 14.6. The molecular weight excluding hydrogens is 518 g/mol. The first-order valence-electron chi connectivity index (χ1n) is 12.5. The second-order valence-electron chi connectivity index (χ2n) is 8.69. The summed E-state index contributed by atoms with van der Waals surface area (Å²) >= 11 is 0. The molecule has 0 spiro atoms. The second-order valence-corrected chi connectivity index (χ2v) is 8.69. The Kier molecular flexibility index (Phi) is 13.8. The van der Waals surface area contributed by atoms with Crippen molar-refractivity contribution < 1.29 is 32.3 Å². The minimum Gasteiger partial charge on any atom is -0.394 e. The molecule has 2 aromatic rings. The Labute approximate surface area is 227 Å². The maximum Gasteiger partial charge on any atom is 0.417 e. The zero-order chi connectivity index (χ0) is 30.7. The van der Waals surface area contributed by atoms with Crippen molar-refractivity contribution in [2.75, 3.05) is 12.4 Å². The zero-order valence-corrected chi connectivity index (χ0v) is 23.8. The quantitative estimate of drug-likeness (QED) is 0.413. The number of nitrogens with two attached hydrogens (primary N) is 1. The second kappa shape index (κ2) is 15.2. The van der Waals surface area contributed by atoms with E-state index in [9.17, 15) is 27.2 Å². The Morgan fingerprint density at radius 3 is 2.13 bits per heavy atom. The standard InChI is InChI=1S/C20H19F4N5O2.C3H8O.2C2H6/c1-19(2)15(28-18(25)29(3)17(19)31)12-8-11(5-6-13(12)21)27-16(30)14-7-4-10(9-26-14)20(22,23)24;1-3(2)4;2*1-2/h4-9,15H,1-3H3,(H2,25,28)(H,27,30);3-4H,1-2H3;2*1-2H3. The molecule has 3 rings (SSSR count). The molecular formula is C27H39F4N5O3. The van der Waals surface area contributed by atoms with Gasteiger partial charge in [0.1, 0.15) is 11.5 Å². The van der Waals surface area contributed by atoms with Crippen LogP contribution in [0.15, 0.2) is 41.5 Å². The number of halogens is 4. The summed E-state index contributed by atoms with van der Waals surface area (Å²) < 4.78 is 52.5. The number of guanidine groups is 1. The van der Waals surface area contributed by atoms with Crippen LogP contribution in [0.1, 0.15) is 83.0 Å². The summed E-state index contributed by atoms with van der Waals surface area (Å²) in [7, 11) is 1.46. The highest BCUT2D eigenvalue weighted by Gasteiger charge is 2.45. The number of aliphatic hydroxyl groups excluding tert-OH is 1. The molecule has 2 heterocycles. The van der Waals surface area contributed by atoms with Crippen molar-refractivity contribution in [2.45, 2.75) is 73.7 Å². The zero-order valence-electron chi connectivity index (χ0n) is 23.8. The van der Waals surface area contributed by atoms with Crippen molar-refractivity contribution >= 4 is 23.5 Å². The number of rotatable bonds is 3. The molecule has 0 radical (unpaired) electrons. The summed E-state index contributed by atoms with van der Waals surface area (Å²) in [5.41, 5.74) is 3.61. The summed E-state index contributed by atoms with van der Waals surface area (Å²) in [6, 6.07) is 4.40. The van der Waals surface area contributed by atoms with Crippen LogP contribution in [0.25, 0.3) is 0 Å². The van der Waals surface area contributed by atoms with E-state index < -0.39 is 34.9 Å². The number of benzene rings is 1. The minimum absolute atomic E-state index is 0.0348. The van der Waals surface area contributed by atoms with Crippen molar-refractivity contribution in [3.63, 3.8) is 0 Å². The summed E-state index contributed by atoms with van der Waals surface area (Å²) in [4.78, 5) is 33.9. The van der Waals surface area contributed by atoms with E-state index in [0.29, 0.717) is 6.20 Å². The van der Waals surface area contributed by atoms with E-state index >= 15 is 0 Å². The van der Waals surface area contributed by atoms with E-state index in [4.69, 9.17) is 10.8 Å². The van der Waals surface area contributed by atoms with Crippen LogP contribution in [-0.2, 0) is 11.0 Å². The Hall–Kier alpha value is -3.54. The number of amides is 2. The SMILES string of the molecule is CC.CC.CC(C)O.CN1C(=O)C(C)(C)C(c2cc(NC(=O)c3ccc(C(F)(F)F)cn3)ccc2F)N=C1N. The molecule has 218 valence electrons. The van der Waals surface area contributed by atoms with E-state index in [1.54, 1.807) is 27.7 Å². The van der Waals surface area contributed by atoms with Crippen LogP contribution in [0.4, 0.5) is 23.2 Å². The van der Waals surface area contributed by atoms with Crippen LogP contribution in [0, 0.1) is 11.2 Å². The minimum atomic E-state index is -4.57. The molecule has 1 aliphatic rings. The molecule has 0 aliphatic carbocycles. The first kappa shape index (κ1) is 35.5. The number of anilines is 1. The van der Waals surface area contributed by atoms with Crippen LogP contribution in [0.5, 0.6) is 0 Å². The lowest BCUT2D eigenvalue weighted by atomic mass is 9.78. The van der Waals surface area contributed by atoms with Crippen molar-refractivity contribution in [1.82, 2.24) is 9.88 Å². The van der Waals surface area contributed by atoms with Gasteiger partial charge < -0.3 is 16.2 Å². The lowest BCUT2D eigenvalue weighted by molar-refractivity contribution is -0.138.